The fourth-order valence-corrected chi connectivity index (χ4v) is 4.53. The third-order valence-electron chi connectivity index (χ3n) is 6.31. The van der Waals surface area contributed by atoms with Crippen LogP contribution in [0.2, 0.25) is 0 Å². The lowest BCUT2D eigenvalue weighted by molar-refractivity contribution is -0.114. The largest absolute Gasteiger partial charge is 0.336 e. The van der Waals surface area contributed by atoms with Gasteiger partial charge in [0.1, 0.15) is 12.4 Å². The van der Waals surface area contributed by atoms with Crippen molar-refractivity contribution in [2.45, 2.75) is 39.0 Å². The van der Waals surface area contributed by atoms with Crippen molar-refractivity contribution in [3.05, 3.63) is 46.3 Å². The Bertz CT molecular complexity index is 882. The molecule has 0 atom stereocenters. The standard InChI is InChI=1S/C23H28FN3O2/c1-2-26-9-11-27(12-10-26)23(29)19-13-16(7-8-20(19)24)14-21-17-5-3-4-6-18(17)22(28)15-25-21/h7-8,13H,2-6,9-12,14-15H2,1H3. The summed E-state index contributed by atoms with van der Waals surface area (Å²) in [6, 6.07) is 4.78. The number of piperazine rings is 1. The van der Waals surface area contributed by atoms with E-state index in [2.05, 4.69) is 16.8 Å². The van der Waals surface area contributed by atoms with Gasteiger partial charge < -0.3 is 9.80 Å². The Labute approximate surface area is 171 Å². The zero-order valence-corrected chi connectivity index (χ0v) is 17.0. The van der Waals surface area contributed by atoms with Crippen molar-refractivity contribution in [2.24, 2.45) is 4.99 Å². The summed E-state index contributed by atoms with van der Waals surface area (Å²) in [7, 11) is 0. The third kappa shape index (κ3) is 4.17. The number of carbonyl (C=O) groups is 2. The number of hydrogen-bond donors (Lipinski definition) is 0. The summed E-state index contributed by atoms with van der Waals surface area (Å²) >= 11 is 0. The van der Waals surface area contributed by atoms with Gasteiger partial charge in [0.15, 0.2) is 5.78 Å². The Morgan fingerprint density at radius 1 is 1.10 bits per heavy atom. The molecule has 1 amide bonds. The average Bonchev–Trinajstić information content (AvgIpc) is 2.77. The molecule has 6 heteroatoms. The molecule has 3 aliphatic rings. The molecule has 1 saturated heterocycles. The van der Waals surface area contributed by atoms with Gasteiger partial charge in [-0.05, 0) is 55.5 Å². The predicted molar refractivity (Wildman–Crippen MR) is 111 cm³/mol. The number of halogens is 1. The number of dihydropyridines is 1. The van der Waals surface area contributed by atoms with Crippen molar-refractivity contribution in [3.63, 3.8) is 0 Å². The molecule has 0 bridgehead atoms. The van der Waals surface area contributed by atoms with Crippen LogP contribution in [-0.2, 0) is 11.2 Å². The molecule has 154 valence electrons. The van der Waals surface area contributed by atoms with Gasteiger partial charge in [-0.3, -0.25) is 14.6 Å². The number of ketones is 1. The van der Waals surface area contributed by atoms with Crippen LogP contribution in [0.5, 0.6) is 0 Å². The number of likely N-dealkylation sites (N-methyl/N-ethyl adjacent to an activating group) is 1. The molecule has 1 aromatic rings. The lowest BCUT2D eigenvalue weighted by Crippen LogP contribution is -2.48. The molecule has 2 aliphatic heterocycles. The fourth-order valence-electron chi connectivity index (χ4n) is 4.53. The summed E-state index contributed by atoms with van der Waals surface area (Å²) in [5, 5.41) is 0. The summed E-state index contributed by atoms with van der Waals surface area (Å²) in [4.78, 5) is 33.6. The van der Waals surface area contributed by atoms with Crippen LogP contribution in [0.15, 0.2) is 34.3 Å². The second-order valence-corrected chi connectivity index (χ2v) is 8.07. The van der Waals surface area contributed by atoms with E-state index < -0.39 is 5.82 Å². The number of nitrogens with zero attached hydrogens (tertiary/aromatic N) is 3. The molecule has 0 radical (unpaired) electrons. The molecule has 4 rings (SSSR count). The maximum Gasteiger partial charge on any atom is 0.256 e. The summed E-state index contributed by atoms with van der Waals surface area (Å²) in [5.41, 5.74) is 3.96. The molecular weight excluding hydrogens is 369 g/mol. The number of carbonyl (C=O) groups excluding carboxylic acids is 2. The number of Topliss-reactive ketones (excluding diaryl/α,β-unsaturated/α-hetero) is 1. The lowest BCUT2D eigenvalue weighted by Gasteiger charge is -2.34. The smallest absolute Gasteiger partial charge is 0.256 e. The zero-order chi connectivity index (χ0) is 20.4. The van der Waals surface area contributed by atoms with Crippen molar-refractivity contribution >= 4 is 17.4 Å². The molecule has 5 nitrogen and oxygen atoms in total. The van der Waals surface area contributed by atoms with Crippen LogP contribution in [-0.4, -0.2) is 66.5 Å². The number of rotatable bonds is 4. The first-order chi connectivity index (χ1) is 14.1. The van der Waals surface area contributed by atoms with Gasteiger partial charge in [0, 0.05) is 43.9 Å². The Balaban J connectivity index is 1.52. The van der Waals surface area contributed by atoms with Crippen LogP contribution in [0.1, 0.15) is 48.5 Å². The van der Waals surface area contributed by atoms with E-state index in [1.807, 2.05) is 0 Å². The first-order valence-electron chi connectivity index (χ1n) is 10.7. The van der Waals surface area contributed by atoms with Crippen LogP contribution in [0.3, 0.4) is 0 Å². The number of aliphatic imine (C=N–C) groups is 1. The first kappa shape index (κ1) is 20.0. The van der Waals surface area contributed by atoms with E-state index >= 15 is 0 Å². The second-order valence-electron chi connectivity index (χ2n) is 8.07. The Hall–Kier alpha value is -2.34. The average molecular weight is 397 g/mol. The molecule has 0 N–H and O–H groups in total. The van der Waals surface area contributed by atoms with E-state index in [0.29, 0.717) is 19.5 Å². The van der Waals surface area contributed by atoms with E-state index in [1.54, 1.807) is 17.0 Å². The number of allylic oxidation sites excluding steroid dienone is 1. The molecule has 29 heavy (non-hydrogen) atoms. The van der Waals surface area contributed by atoms with Crippen molar-refractivity contribution in [1.29, 1.82) is 0 Å². The Morgan fingerprint density at radius 2 is 1.83 bits per heavy atom. The predicted octanol–water partition coefficient (Wildman–Crippen LogP) is 3.04. The minimum Gasteiger partial charge on any atom is -0.336 e. The van der Waals surface area contributed by atoms with Crippen molar-refractivity contribution in [1.82, 2.24) is 9.80 Å². The molecular formula is C23H28FN3O2. The molecule has 0 unspecified atom stereocenters. The van der Waals surface area contributed by atoms with Crippen molar-refractivity contribution < 1.29 is 14.0 Å². The van der Waals surface area contributed by atoms with E-state index in [0.717, 1.165) is 67.7 Å². The second kappa shape index (κ2) is 8.57. The Morgan fingerprint density at radius 3 is 2.55 bits per heavy atom. The highest BCUT2D eigenvalue weighted by atomic mass is 19.1. The van der Waals surface area contributed by atoms with E-state index in [1.165, 1.54) is 6.07 Å². The summed E-state index contributed by atoms with van der Waals surface area (Å²) in [5.74, 6) is -0.571. The van der Waals surface area contributed by atoms with Gasteiger partial charge in [-0.1, -0.05) is 13.0 Å². The lowest BCUT2D eigenvalue weighted by atomic mass is 9.83. The SMILES string of the molecule is CCN1CCN(C(=O)c2cc(CC3=NCC(=O)C4=C3CCCC4)ccc2F)CC1. The van der Waals surface area contributed by atoms with Gasteiger partial charge in [0.05, 0.1) is 5.56 Å². The molecule has 0 aromatic heterocycles. The zero-order valence-electron chi connectivity index (χ0n) is 17.0. The summed E-state index contributed by atoms with van der Waals surface area (Å²) in [6.45, 7) is 6.19. The van der Waals surface area contributed by atoms with E-state index in [-0.39, 0.29) is 23.8 Å². The van der Waals surface area contributed by atoms with Gasteiger partial charge in [0.25, 0.3) is 5.91 Å². The highest BCUT2D eigenvalue weighted by Crippen LogP contribution is 2.30. The minimum absolute atomic E-state index is 0.137. The normalized spacial score (nSPS) is 20.6. The quantitative estimate of drug-likeness (QED) is 0.785. The maximum absolute atomic E-state index is 14.5. The van der Waals surface area contributed by atoms with Gasteiger partial charge in [0.2, 0.25) is 0 Å². The number of benzene rings is 1. The summed E-state index contributed by atoms with van der Waals surface area (Å²) in [6.07, 6.45) is 4.38. The monoisotopic (exact) mass is 397 g/mol. The van der Waals surface area contributed by atoms with Gasteiger partial charge in [-0.15, -0.1) is 0 Å². The molecule has 1 aliphatic carbocycles. The van der Waals surface area contributed by atoms with Gasteiger partial charge in [-0.2, -0.15) is 0 Å². The topological polar surface area (TPSA) is 53.0 Å². The van der Waals surface area contributed by atoms with Crippen LogP contribution in [0.4, 0.5) is 4.39 Å². The highest BCUT2D eigenvalue weighted by Gasteiger charge is 2.27. The van der Waals surface area contributed by atoms with Crippen LogP contribution >= 0.6 is 0 Å². The van der Waals surface area contributed by atoms with Crippen LogP contribution in [0.25, 0.3) is 0 Å². The van der Waals surface area contributed by atoms with E-state index in [4.69, 9.17) is 0 Å². The molecule has 0 saturated carbocycles. The number of hydrogen-bond acceptors (Lipinski definition) is 4. The van der Waals surface area contributed by atoms with E-state index in [9.17, 15) is 14.0 Å². The Kier molecular flexibility index (Phi) is 5.90. The first-order valence-corrected chi connectivity index (χ1v) is 10.7. The van der Waals surface area contributed by atoms with Crippen LogP contribution in [0, 0.1) is 5.82 Å². The number of amides is 1. The van der Waals surface area contributed by atoms with Crippen molar-refractivity contribution in [2.75, 3.05) is 39.3 Å². The third-order valence-corrected chi connectivity index (χ3v) is 6.31. The van der Waals surface area contributed by atoms with Crippen LogP contribution < -0.4 is 0 Å². The maximum atomic E-state index is 14.5. The molecule has 0 spiro atoms. The van der Waals surface area contributed by atoms with Gasteiger partial charge >= 0.3 is 0 Å². The molecule has 1 aromatic carbocycles. The minimum atomic E-state index is -0.477. The molecule has 2 heterocycles. The summed E-state index contributed by atoms with van der Waals surface area (Å²) < 4.78 is 14.5. The molecule has 1 fully saturated rings. The van der Waals surface area contributed by atoms with Gasteiger partial charge in [-0.25, -0.2) is 4.39 Å². The van der Waals surface area contributed by atoms with Crippen molar-refractivity contribution in [3.8, 4) is 0 Å². The highest BCUT2D eigenvalue weighted by molar-refractivity contribution is 6.14. The fraction of sp³-hybridized carbons (Fsp3) is 0.522.